The van der Waals surface area contributed by atoms with Crippen LogP contribution in [0.1, 0.15) is 18.9 Å². The summed E-state index contributed by atoms with van der Waals surface area (Å²) in [4.78, 5) is 0. The lowest BCUT2D eigenvalue weighted by atomic mass is 10.2. The Bertz CT molecular complexity index is 333. The molecule has 0 bridgehead atoms. The molecule has 0 aliphatic heterocycles. The van der Waals surface area contributed by atoms with Gasteiger partial charge in [0.2, 0.25) is 0 Å². The Morgan fingerprint density at radius 2 is 2.25 bits per heavy atom. The first-order chi connectivity index (χ1) is 7.63. The van der Waals surface area contributed by atoms with Crippen molar-refractivity contribution in [2.75, 3.05) is 12.8 Å². The maximum Gasteiger partial charge on any atom is 0.137 e. The first kappa shape index (κ1) is 14.0. The standard InChI is InChI=1S/C12H17BrFNS/c1-9(16-2)5-6-15-8-10-3-4-12(14)11(13)7-10/h3-4,7,9,15H,5-6,8H2,1-2H3. The Labute approximate surface area is 109 Å². The fraction of sp³-hybridized carbons (Fsp3) is 0.500. The zero-order valence-electron chi connectivity index (χ0n) is 9.59. The number of halogens is 2. The second-order valence-corrected chi connectivity index (χ2v) is 5.89. The zero-order valence-corrected chi connectivity index (χ0v) is 12.0. The third-order valence-electron chi connectivity index (χ3n) is 2.44. The molecule has 0 aromatic heterocycles. The van der Waals surface area contributed by atoms with Gasteiger partial charge >= 0.3 is 0 Å². The maximum atomic E-state index is 13.0. The first-order valence-corrected chi connectivity index (χ1v) is 7.39. The van der Waals surface area contributed by atoms with Gasteiger partial charge in [0.1, 0.15) is 5.82 Å². The molecule has 0 saturated carbocycles. The largest absolute Gasteiger partial charge is 0.313 e. The predicted molar refractivity (Wildman–Crippen MR) is 73.4 cm³/mol. The number of benzene rings is 1. The normalized spacial score (nSPS) is 12.8. The van der Waals surface area contributed by atoms with Crippen LogP contribution in [0.2, 0.25) is 0 Å². The molecule has 0 amide bonds. The third kappa shape index (κ3) is 4.85. The Balaban J connectivity index is 2.29. The highest BCUT2D eigenvalue weighted by atomic mass is 79.9. The van der Waals surface area contributed by atoms with Crippen LogP contribution in [0.4, 0.5) is 4.39 Å². The summed E-state index contributed by atoms with van der Waals surface area (Å²) >= 11 is 5.06. The molecule has 16 heavy (non-hydrogen) atoms. The van der Waals surface area contributed by atoms with Gasteiger partial charge in [-0.3, -0.25) is 0 Å². The molecule has 0 saturated heterocycles. The molecule has 1 nitrogen and oxygen atoms in total. The minimum absolute atomic E-state index is 0.209. The summed E-state index contributed by atoms with van der Waals surface area (Å²) in [5.41, 5.74) is 1.10. The molecule has 0 aliphatic carbocycles. The van der Waals surface area contributed by atoms with Crippen molar-refractivity contribution in [2.24, 2.45) is 0 Å². The fourth-order valence-electron chi connectivity index (χ4n) is 1.31. The van der Waals surface area contributed by atoms with Gasteiger partial charge in [0.15, 0.2) is 0 Å². The maximum absolute atomic E-state index is 13.0. The van der Waals surface area contributed by atoms with Gasteiger partial charge in [-0.1, -0.05) is 13.0 Å². The van der Waals surface area contributed by atoms with E-state index in [-0.39, 0.29) is 5.82 Å². The summed E-state index contributed by atoms with van der Waals surface area (Å²) in [6.07, 6.45) is 3.28. The molecular weight excluding hydrogens is 289 g/mol. The predicted octanol–water partition coefficient (Wildman–Crippen LogP) is 3.82. The molecule has 0 fully saturated rings. The molecule has 4 heteroatoms. The smallest absolute Gasteiger partial charge is 0.137 e. The van der Waals surface area contributed by atoms with Gasteiger partial charge in [0.25, 0.3) is 0 Å². The van der Waals surface area contributed by atoms with Crippen molar-refractivity contribution in [3.05, 3.63) is 34.1 Å². The van der Waals surface area contributed by atoms with Crippen LogP contribution in [-0.2, 0) is 6.54 Å². The van der Waals surface area contributed by atoms with E-state index in [9.17, 15) is 4.39 Å². The van der Waals surface area contributed by atoms with Gasteiger partial charge in [-0.05, 0) is 52.8 Å². The minimum Gasteiger partial charge on any atom is -0.313 e. The molecular formula is C12H17BrFNS. The number of nitrogens with one attached hydrogen (secondary N) is 1. The molecule has 1 aromatic rings. The monoisotopic (exact) mass is 305 g/mol. The van der Waals surface area contributed by atoms with E-state index in [0.717, 1.165) is 25.1 Å². The molecule has 0 heterocycles. The van der Waals surface area contributed by atoms with E-state index >= 15 is 0 Å². The average Bonchev–Trinajstić information content (AvgIpc) is 2.28. The first-order valence-electron chi connectivity index (χ1n) is 5.31. The van der Waals surface area contributed by atoms with Gasteiger partial charge in [-0.2, -0.15) is 11.8 Å². The highest BCUT2D eigenvalue weighted by molar-refractivity contribution is 9.10. The molecule has 1 rings (SSSR count). The highest BCUT2D eigenvalue weighted by Gasteiger charge is 2.01. The van der Waals surface area contributed by atoms with Crippen LogP contribution in [0.5, 0.6) is 0 Å². The summed E-state index contributed by atoms with van der Waals surface area (Å²) in [6.45, 7) is 4.01. The van der Waals surface area contributed by atoms with Crippen LogP contribution in [-0.4, -0.2) is 18.1 Å². The van der Waals surface area contributed by atoms with Gasteiger partial charge in [0, 0.05) is 11.8 Å². The number of hydrogen-bond donors (Lipinski definition) is 1. The SMILES string of the molecule is CSC(C)CCNCc1ccc(F)c(Br)c1. The van der Waals surface area contributed by atoms with Crippen LogP contribution in [0.15, 0.2) is 22.7 Å². The zero-order chi connectivity index (χ0) is 12.0. The summed E-state index contributed by atoms with van der Waals surface area (Å²) in [6, 6.07) is 5.12. The van der Waals surface area contributed by atoms with Crippen LogP contribution in [0.25, 0.3) is 0 Å². The van der Waals surface area contributed by atoms with Crippen molar-refractivity contribution in [3.8, 4) is 0 Å². The van der Waals surface area contributed by atoms with Crippen LogP contribution in [0, 0.1) is 5.82 Å². The van der Waals surface area contributed by atoms with Crippen molar-refractivity contribution < 1.29 is 4.39 Å². The van der Waals surface area contributed by atoms with E-state index in [0.29, 0.717) is 9.72 Å². The van der Waals surface area contributed by atoms with Gasteiger partial charge in [0.05, 0.1) is 4.47 Å². The molecule has 0 radical (unpaired) electrons. The van der Waals surface area contributed by atoms with Crippen molar-refractivity contribution in [1.82, 2.24) is 5.32 Å². The lowest BCUT2D eigenvalue weighted by Crippen LogP contribution is -2.17. The number of rotatable bonds is 6. The molecule has 0 aliphatic rings. The van der Waals surface area contributed by atoms with E-state index in [1.54, 1.807) is 0 Å². The van der Waals surface area contributed by atoms with E-state index < -0.39 is 0 Å². The molecule has 90 valence electrons. The Hall–Kier alpha value is -0.0600. The minimum atomic E-state index is -0.209. The molecule has 1 unspecified atom stereocenters. The van der Waals surface area contributed by atoms with E-state index in [1.807, 2.05) is 23.9 Å². The Morgan fingerprint density at radius 1 is 1.50 bits per heavy atom. The van der Waals surface area contributed by atoms with Crippen LogP contribution >= 0.6 is 27.7 Å². The van der Waals surface area contributed by atoms with Gasteiger partial charge in [-0.25, -0.2) is 4.39 Å². The third-order valence-corrected chi connectivity index (χ3v) is 4.09. The van der Waals surface area contributed by atoms with Gasteiger partial charge in [-0.15, -0.1) is 0 Å². The molecule has 1 aromatic carbocycles. The molecule has 1 atom stereocenters. The topological polar surface area (TPSA) is 12.0 Å². The Kier molecular flexibility index (Phi) is 6.39. The van der Waals surface area contributed by atoms with Crippen molar-refractivity contribution in [3.63, 3.8) is 0 Å². The highest BCUT2D eigenvalue weighted by Crippen LogP contribution is 2.16. The van der Waals surface area contributed by atoms with Crippen LogP contribution in [0.3, 0.4) is 0 Å². The van der Waals surface area contributed by atoms with Crippen LogP contribution < -0.4 is 5.32 Å². The van der Waals surface area contributed by atoms with Gasteiger partial charge < -0.3 is 5.32 Å². The Morgan fingerprint density at radius 3 is 2.88 bits per heavy atom. The van der Waals surface area contributed by atoms with Crippen molar-refractivity contribution >= 4 is 27.7 Å². The van der Waals surface area contributed by atoms with E-state index in [4.69, 9.17) is 0 Å². The van der Waals surface area contributed by atoms with E-state index in [2.05, 4.69) is 34.4 Å². The van der Waals surface area contributed by atoms with Crippen molar-refractivity contribution in [1.29, 1.82) is 0 Å². The lowest BCUT2D eigenvalue weighted by Gasteiger charge is -2.09. The summed E-state index contributed by atoms with van der Waals surface area (Å²) in [5.74, 6) is -0.209. The molecule has 0 spiro atoms. The number of thioether (sulfide) groups is 1. The lowest BCUT2D eigenvalue weighted by molar-refractivity contribution is 0.616. The summed E-state index contributed by atoms with van der Waals surface area (Å²) in [5, 5.41) is 4.04. The second kappa shape index (κ2) is 7.30. The quantitative estimate of drug-likeness (QED) is 0.802. The van der Waals surface area contributed by atoms with E-state index in [1.165, 1.54) is 6.07 Å². The van der Waals surface area contributed by atoms with Crippen molar-refractivity contribution in [2.45, 2.75) is 25.1 Å². The summed E-state index contributed by atoms with van der Waals surface area (Å²) in [7, 11) is 0. The average molecular weight is 306 g/mol. The number of hydrogen-bond acceptors (Lipinski definition) is 2. The fourth-order valence-corrected chi connectivity index (χ4v) is 2.09. The molecule has 1 N–H and O–H groups in total. The second-order valence-electron chi connectivity index (χ2n) is 3.76. The summed E-state index contributed by atoms with van der Waals surface area (Å²) < 4.78 is 13.5.